The Labute approximate surface area is 150 Å². The van der Waals surface area contributed by atoms with Crippen LogP contribution in [0.25, 0.3) is 0 Å². The molecule has 2 rings (SSSR count). The standard InChI is InChI=1S/C16H12F6O4S/c1-3-6(2)10-11(19)13(21)15(14(22)12(10)20)26-7-4-8(17)16(9(18)5-7)27(23,24)25/h4-6H,3H2,1-2H3,(H,23,24,25). The average molecular weight is 414 g/mol. The van der Waals surface area contributed by atoms with Crippen LogP contribution in [0.15, 0.2) is 17.0 Å². The molecule has 2 aromatic carbocycles. The molecule has 0 saturated heterocycles. The van der Waals surface area contributed by atoms with Gasteiger partial charge in [-0.3, -0.25) is 4.55 Å². The van der Waals surface area contributed by atoms with Crippen LogP contribution in [0.3, 0.4) is 0 Å². The third-order valence-electron chi connectivity index (χ3n) is 3.81. The first-order valence-corrected chi connectivity index (χ1v) is 8.84. The van der Waals surface area contributed by atoms with Crippen LogP contribution in [-0.2, 0) is 10.1 Å². The molecular formula is C16H12F6O4S. The van der Waals surface area contributed by atoms with Gasteiger partial charge >= 0.3 is 0 Å². The molecule has 0 aromatic heterocycles. The summed E-state index contributed by atoms with van der Waals surface area (Å²) >= 11 is 0. The van der Waals surface area contributed by atoms with E-state index >= 15 is 0 Å². The Morgan fingerprint density at radius 1 is 0.963 bits per heavy atom. The maximum absolute atomic E-state index is 14.1. The van der Waals surface area contributed by atoms with Crippen molar-refractivity contribution in [2.75, 3.05) is 0 Å². The average Bonchev–Trinajstić information content (AvgIpc) is 2.55. The largest absolute Gasteiger partial charge is 0.451 e. The van der Waals surface area contributed by atoms with Gasteiger partial charge in [0.05, 0.1) is 0 Å². The summed E-state index contributed by atoms with van der Waals surface area (Å²) < 4.78 is 119. The smallest absolute Gasteiger partial charge is 0.300 e. The molecule has 0 aliphatic rings. The first kappa shape index (κ1) is 21.0. The van der Waals surface area contributed by atoms with Crippen LogP contribution in [0.5, 0.6) is 11.5 Å². The van der Waals surface area contributed by atoms with Crippen molar-refractivity contribution < 1.29 is 44.0 Å². The molecule has 0 spiro atoms. The highest BCUT2D eigenvalue weighted by molar-refractivity contribution is 7.85. The Bertz CT molecular complexity index is 954. The van der Waals surface area contributed by atoms with Crippen LogP contribution in [0.1, 0.15) is 31.7 Å². The SMILES string of the molecule is CCC(C)c1c(F)c(F)c(Oc2cc(F)c(S(=O)(=O)O)c(F)c2)c(F)c1F. The highest BCUT2D eigenvalue weighted by Crippen LogP contribution is 2.37. The van der Waals surface area contributed by atoms with Gasteiger partial charge in [0.15, 0.2) is 28.2 Å². The molecule has 11 heteroatoms. The van der Waals surface area contributed by atoms with Crippen LogP contribution < -0.4 is 4.74 Å². The first-order valence-electron chi connectivity index (χ1n) is 7.40. The summed E-state index contributed by atoms with van der Waals surface area (Å²) in [5.74, 6) is -14.5. The van der Waals surface area contributed by atoms with Gasteiger partial charge in [0.1, 0.15) is 5.75 Å². The molecule has 4 nitrogen and oxygen atoms in total. The zero-order valence-corrected chi connectivity index (χ0v) is 14.6. The van der Waals surface area contributed by atoms with Crippen molar-refractivity contribution >= 4 is 10.1 Å². The van der Waals surface area contributed by atoms with Crippen LogP contribution in [0.2, 0.25) is 0 Å². The molecule has 0 fully saturated rings. The third kappa shape index (κ3) is 3.88. The van der Waals surface area contributed by atoms with Gasteiger partial charge in [0, 0.05) is 17.7 Å². The second kappa shape index (κ2) is 7.39. The van der Waals surface area contributed by atoms with Crippen molar-refractivity contribution in [3.05, 3.63) is 52.6 Å². The van der Waals surface area contributed by atoms with Crippen molar-refractivity contribution in [1.29, 1.82) is 0 Å². The zero-order valence-electron chi connectivity index (χ0n) is 13.8. The van der Waals surface area contributed by atoms with Crippen molar-refractivity contribution in [3.8, 4) is 11.5 Å². The van der Waals surface area contributed by atoms with Crippen LogP contribution >= 0.6 is 0 Å². The Kier molecular flexibility index (Phi) is 5.76. The molecule has 0 aliphatic carbocycles. The Hall–Kier alpha value is -2.27. The molecular weight excluding hydrogens is 402 g/mol. The Morgan fingerprint density at radius 3 is 1.78 bits per heavy atom. The van der Waals surface area contributed by atoms with Crippen molar-refractivity contribution in [1.82, 2.24) is 0 Å². The van der Waals surface area contributed by atoms with E-state index in [0.29, 0.717) is 0 Å². The van der Waals surface area contributed by atoms with E-state index in [1.54, 1.807) is 0 Å². The van der Waals surface area contributed by atoms with Crippen molar-refractivity contribution in [2.45, 2.75) is 31.1 Å². The van der Waals surface area contributed by atoms with E-state index in [4.69, 9.17) is 4.55 Å². The number of benzene rings is 2. The first-order chi connectivity index (χ1) is 12.4. The lowest BCUT2D eigenvalue weighted by molar-refractivity contribution is 0.352. The number of halogens is 6. The van der Waals surface area contributed by atoms with Gasteiger partial charge < -0.3 is 4.74 Å². The second-order valence-electron chi connectivity index (χ2n) is 5.60. The minimum absolute atomic E-state index is 0.167. The molecule has 148 valence electrons. The molecule has 0 radical (unpaired) electrons. The summed E-state index contributed by atoms with van der Waals surface area (Å²) in [6, 6.07) is 0.340. The normalized spacial score (nSPS) is 12.9. The highest BCUT2D eigenvalue weighted by atomic mass is 32.2. The van der Waals surface area contributed by atoms with Crippen LogP contribution in [0.4, 0.5) is 26.3 Å². The summed E-state index contributed by atoms with van der Waals surface area (Å²) in [6.07, 6.45) is 0.167. The fraction of sp³-hybridized carbons (Fsp3) is 0.250. The number of hydrogen-bond donors (Lipinski definition) is 1. The van der Waals surface area contributed by atoms with Gasteiger partial charge in [-0.25, -0.2) is 17.6 Å². The lowest BCUT2D eigenvalue weighted by atomic mass is 9.96. The van der Waals surface area contributed by atoms with Gasteiger partial charge in [0.2, 0.25) is 17.4 Å². The lowest BCUT2D eigenvalue weighted by Gasteiger charge is -2.16. The van der Waals surface area contributed by atoms with Gasteiger partial charge in [-0.15, -0.1) is 0 Å². The summed E-state index contributed by atoms with van der Waals surface area (Å²) in [5.41, 5.74) is -0.848. The van der Waals surface area contributed by atoms with Crippen LogP contribution in [0, 0.1) is 34.9 Å². The Balaban J connectivity index is 2.60. The predicted octanol–water partition coefficient (Wildman–Crippen LogP) is 5.07. The minimum atomic E-state index is -5.28. The molecule has 2 aromatic rings. The molecule has 0 amide bonds. The summed E-state index contributed by atoms with van der Waals surface area (Å²) in [6.45, 7) is 2.87. The topological polar surface area (TPSA) is 63.6 Å². The molecule has 1 unspecified atom stereocenters. The van der Waals surface area contributed by atoms with Crippen molar-refractivity contribution in [3.63, 3.8) is 0 Å². The highest BCUT2D eigenvalue weighted by Gasteiger charge is 2.30. The maximum atomic E-state index is 14.1. The fourth-order valence-corrected chi connectivity index (χ4v) is 2.93. The molecule has 1 atom stereocenters. The Morgan fingerprint density at radius 2 is 1.41 bits per heavy atom. The molecule has 0 heterocycles. The lowest BCUT2D eigenvalue weighted by Crippen LogP contribution is -2.09. The van der Waals surface area contributed by atoms with Gasteiger partial charge in [0.25, 0.3) is 10.1 Å². The van der Waals surface area contributed by atoms with Crippen LogP contribution in [-0.4, -0.2) is 13.0 Å². The van der Waals surface area contributed by atoms with E-state index < -0.39 is 72.9 Å². The molecule has 1 N–H and O–H groups in total. The molecule has 0 saturated carbocycles. The van der Waals surface area contributed by atoms with E-state index in [2.05, 4.69) is 4.74 Å². The third-order valence-corrected chi connectivity index (χ3v) is 4.72. The van der Waals surface area contributed by atoms with Crippen molar-refractivity contribution in [2.24, 2.45) is 0 Å². The monoisotopic (exact) mass is 414 g/mol. The van der Waals surface area contributed by atoms with Gasteiger partial charge in [-0.2, -0.15) is 17.2 Å². The molecule has 0 aliphatic heterocycles. The summed E-state index contributed by atoms with van der Waals surface area (Å²) in [5, 5.41) is 0. The summed E-state index contributed by atoms with van der Waals surface area (Å²) in [4.78, 5) is -1.72. The van der Waals surface area contributed by atoms with E-state index in [1.165, 1.54) is 13.8 Å². The summed E-state index contributed by atoms with van der Waals surface area (Å²) in [7, 11) is -5.28. The predicted molar refractivity (Wildman–Crippen MR) is 81.2 cm³/mol. The quantitative estimate of drug-likeness (QED) is 0.421. The second-order valence-corrected chi connectivity index (χ2v) is 6.96. The van der Waals surface area contributed by atoms with Gasteiger partial charge in [-0.1, -0.05) is 13.8 Å². The number of ether oxygens (including phenoxy) is 1. The molecule has 27 heavy (non-hydrogen) atoms. The maximum Gasteiger partial charge on any atom is 0.300 e. The molecule has 0 bridgehead atoms. The zero-order chi connectivity index (χ0) is 20.7. The van der Waals surface area contributed by atoms with Gasteiger partial charge in [-0.05, 0) is 12.3 Å². The fourth-order valence-electron chi connectivity index (χ4n) is 2.31. The minimum Gasteiger partial charge on any atom is -0.451 e. The van der Waals surface area contributed by atoms with E-state index in [9.17, 15) is 34.8 Å². The van der Waals surface area contributed by atoms with E-state index in [1.807, 2.05) is 0 Å². The van der Waals surface area contributed by atoms with E-state index in [-0.39, 0.29) is 18.6 Å². The van der Waals surface area contributed by atoms with E-state index in [0.717, 1.165) is 0 Å². The number of hydrogen-bond acceptors (Lipinski definition) is 3. The number of rotatable bonds is 5.